The van der Waals surface area contributed by atoms with Crippen molar-refractivity contribution in [3.63, 3.8) is 0 Å². The van der Waals surface area contributed by atoms with Gasteiger partial charge in [-0.1, -0.05) is 12.1 Å². The highest BCUT2D eigenvalue weighted by molar-refractivity contribution is 7.86. The molecule has 0 heterocycles. The van der Waals surface area contributed by atoms with Crippen molar-refractivity contribution < 1.29 is 26.3 Å². The minimum atomic E-state index is -4.11. The Labute approximate surface area is 124 Å². The molecule has 2 aromatic carbocycles. The predicted octanol–water partition coefficient (Wildman–Crippen LogP) is 2.78. The number of benzene rings is 2. The number of nitrogens with zero attached hydrogens (tertiary/aromatic N) is 1. The van der Waals surface area contributed by atoms with E-state index in [1.54, 1.807) is 0 Å². The molecule has 0 atom stereocenters. The average Bonchev–Trinajstić information content (AvgIpc) is 2.42. The van der Waals surface area contributed by atoms with Crippen molar-refractivity contribution in [2.45, 2.75) is 5.75 Å². The van der Waals surface area contributed by atoms with Crippen LogP contribution in [0.5, 0.6) is 5.75 Å². The maximum Gasteiger partial charge on any atom is 0.313 e. The van der Waals surface area contributed by atoms with Crippen LogP contribution in [0.2, 0.25) is 0 Å². The highest BCUT2D eigenvalue weighted by Gasteiger charge is 2.16. The topological polar surface area (TPSA) is 86.5 Å². The van der Waals surface area contributed by atoms with Crippen LogP contribution in [0, 0.1) is 21.7 Å². The third-order valence-electron chi connectivity index (χ3n) is 2.60. The molecule has 0 saturated heterocycles. The van der Waals surface area contributed by atoms with Crippen LogP contribution in [0.25, 0.3) is 0 Å². The number of non-ortho nitro benzene ring substituents is 1. The molecule has 116 valence electrons. The summed E-state index contributed by atoms with van der Waals surface area (Å²) < 4.78 is 54.0. The normalized spacial score (nSPS) is 11.2. The Morgan fingerprint density at radius 3 is 2.23 bits per heavy atom. The van der Waals surface area contributed by atoms with Gasteiger partial charge in [0.1, 0.15) is 11.5 Å². The van der Waals surface area contributed by atoms with Crippen molar-refractivity contribution in [2.24, 2.45) is 0 Å². The monoisotopic (exact) mass is 329 g/mol. The van der Waals surface area contributed by atoms with E-state index in [1.165, 1.54) is 12.1 Å². The summed E-state index contributed by atoms with van der Waals surface area (Å²) in [5.74, 6) is -3.28. The molecular weight excluding hydrogens is 320 g/mol. The van der Waals surface area contributed by atoms with Crippen LogP contribution in [0.1, 0.15) is 5.56 Å². The van der Waals surface area contributed by atoms with Crippen LogP contribution >= 0.6 is 0 Å². The SMILES string of the molecule is O=[N+]([O-])c1ccc(CS(=O)(=O)Oc2ccc(F)c(F)c2)cc1. The van der Waals surface area contributed by atoms with Crippen LogP contribution in [-0.4, -0.2) is 13.3 Å². The molecule has 0 fully saturated rings. The quantitative estimate of drug-likeness (QED) is 0.478. The number of nitro groups is 1. The molecule has 0 aliphatic rings. The Bertz CT molecular complexity index is 806. The van der Waals surface area contributed by atoms with Crippen molar-refractivity contribution >= 4 is 15.8 Å². The largest absolute Gasteiger partial charge is 0.382 e. The minimum Gasteiger partial charge on any atom is -0.382 e. The minimum absolute atomic E-state index is 0.178. The third-order valence-corrected chi connectivity index (χ3v) is 3.74. The summed E-state index contributed by atoms with van der Waals surface area (Å²) in [6.07, 6.45) is 0. The molecule has 0 saturated carbocycles. The van der Waals surface area contributed by atoms with Gasteiger partial charge in [-0.3, -0.25) is 10.1 Å². The van der Waals surface area contributed by atoms with Gasteiger partial charge in [0.05, 0.1) is 4.92 Å². The van der Waals surface area contributed by atoms with Crippen LogP contribution in [-0.2, 0) is 15.9 Å². The lowest BCUT2D eigenvalue weighted by atomic mass is 10.2. The van der Waals surface area contributed by atoms with Crippen LogP contribution in [0.4, 0.5) is 14.5 Å². The van der Waals surface area contributed by atoms with Gasteiger partial charge in [0.15, 0.2) is 11.6 Å². The molecule has 9 heteroatoms. The molecule has 0 aliphatic heterocycles. The van der Waals surface area contributed by atoms with E-state index >= 15 is 0 Å². The molecule has 0 aromatic heterocycles. The predicted molar refractivity (Wildman–Crippen MR) is 72.7 cm³/mol. The fourth-order valence-corrected chi connectivity index (χ4v) is 2.68. The summed E-state index contributed by atoms with van der Waals surface area (Å²) in [7, 11) is -4.11. The Morgan fingerprint density at radius 2 is 1.68 bits per heavy atom. The Kier molecular flexibility index (Phi) is 4.36. The zero-order valence-corrected chi connectivity index (χ0v) is 11.7. The van der Waals surface area contributed by atoms with Crippen molar-refractivity contribution in [1.29, 1.82) is 0 Å². The van der Waals surface area contributed by atoms with E-state index in [0.717, 1.165) is 24.3 Å². The fraction of sp³-hybridized carbons (Fsp3) is 0.0769. The summed E-state index contributed by atoms with van der Waals surface area (Å²) in [4.78, 5) is 9.88. The van der Waals surface area contributed by atoms with E-state index < -0.39 is 32.4 Å². The average molecular weight is 329 g/mol. The van der Waals surface area contributed by atoms with E-state index in [0.29, 0.717) is 6.07 Å². The van der Waals surface area contributed by atoms with Gasteiger partial charge in [-0.2, -0.15) is 8.42 Å². The van der Waals surface area contributed by atoms with Gasteiger partial charge < -0.3 is 4.18 Å². The summed E-state index contributed by atoms with van der Waals surface area (Å²) in [5, 5.41) is 10.5. The lowest BCUT2D eigenvalue weighted by Gasteiger charge is -2.07. The molecule has 2 aromatic rings. The zero-order chi connectivity index (χ0) is 16.3. The lowest BCUT2D eigenvalue weighted by molar-refractivity contribution is -0.384. The molecule has 0 bridgehead atoms. The van der Waals surface area contributed by atoms with E-state index in [9.17, 15) is 27.3 Å². The number of nitro benzene ring substituents is 1. The first-order valence-electron chi connectivity index (χ1n) is 5.87. The van der Waals surface area contributed by atoms with Crippen molar-refractivity contribution in [3.8, 4) is 5.75 Å². The number of hydrogen-bond donors (Lipinski definition) is 0. The third kappa shape index (κ3) is 3.98. The highest BCUT2D eigenvalue weighted by atomic mass is 32.2. The fourth-order valence-electron chi connectivity index (χ4n) is 1.62. The van der Waals surface area contributed by atoms with Crippen LogP contribution in [0.3, 0.4) is 0 Å². The molecule has 0 radical (unpaired) electrons. The van der Waals surface area contributed by atoms with Gasteiger partial charge in [-0.25, -0.2) is 8.78 Å². The zero-order valence-electron chi connectivity index (χ0n) is 10.9. The Hall–Kier alpha value is -2.55. The maximum absolute atomic E-state index is 13.0. The summed E-state index contributed by atoms with van der Waals surface area (Å²) in [6.45, 7) is 0. The summed E-state index contributed by atoms with van der Waals surface area (Å²) in [6, 6.07) is 7.18. The highest BCUT2D eigenvalue weighted by Crippen LogP contribution is 2.20. The first kappa shape index (κ1) is 15.8. The van der Waals surface area contributed by atoms with Gasteiger partial charge in [0.25, 0.3) is 5.69 Å². The molecule has 0 spiro atoms. The van der Waals surface area contributed by atoms with E-state index in [-0.39, 0.29) is 17.0 Å². The molecule has 0 aliphatic carbocycles. The summed E-state index contributed by atoms with van der Waals surface area (Å²) in [5.41, 5.74) is 0.0795. The van der Waals surface area contributed by atoms with Crippen molar-refractivity contribution in [3.05, 3.63) is 69.8 Å². The molecular formula is C13H9F2NO5S. The second-order valence-corrected chi connectivity index (χ2v) is 5.86. The van der Waals surface area contributed by atoms with E-state index in [1.807, 2.05) is 0 Å². The Morgan fingerprint density at radius 1 is 1.05 bits per heavy atom. The van der Waals surface area contributed by atoms with Gasteiger partial charge in [0.2, 0.25) is 0 Å². The van der Waals surface area contributed by atoms with Gasteiger partial charge in [-0.05, 0) is 17.7 Å². The number of halogens is 2. The Balaban J connectivity index is 2.13. The van der Waals surface area contributed by atoms with E-state index in [4.69, 9.17) is 0 Å². The first-order chi connectivity index (χ1) is 10.3. The second-order valence-electron chi connectivity index (χ2n) is 4.28. The molecule has 0 amide bonds. The number of rotatable bonds is 5. The molecule has 0 unspecified atom stereocenters. The maximum atomic E-state index is 13.0. The number of hydrogen-bond acceptors (Lipinski definition) is 5. The van der Waals surface area contributed by atoms with Crippen LogP contribution in [0.15, 0.2) is 42.5 Å². The molecule has 22 heavy (non-hydrogen) atoms. The molecule has 6 nitrogen and oxygen atoms in total. The van der Waals surface area contributed by atoms with Crippen molar-refractivity contribution in [2.75, 3.05) is 0 Å². The first-order valence-corrected chi connectivity index (χ1v) is 7.45. The molecule has 0 N–H and O–H groups in total. The van der Waals surface area contributed by atoms with Crippen LogP contribution < -0.4 is 4.18 Å². The van der Waals surface area contributed by atoms with Gasteiger partial charge >= 0.3 is 10.1 Å². The standard InChI is InChI=1S/C13H9F2NO5S/c14-12-6-5-11(7-13(12)15)21-22(19,20)8-9-1-3-10(4-2-9)16(17)18/h1-7H,8H2. The molecule has 2 rings (SSSR count). The second kappa shape index (κ2) is 6.06. The smallest absolute Gasteiger partial charge is 0.313 e. The lowest BCUT2D eigenvalue weighted by Crippen LogP contribution is -2.12. The van der Waals surface area contributed by atoms with E-state index in [2.05, 4.69) is 4.18 Å². The van der Waals surface area contributed by atoms with Gasteiger partial charge in [-0.15, -0.1) is 0 Å². The van der Waals surface area contributed by atoms with Gasteiger partial charge in [0, 0.05) is 18.2 Å². The summed E-state index contributed by atoms with van der Waals surface area (Å²) >= 11 is 0. The van der Waals surface area contributed by atoms with Crippen molar-refractivity contribution in [1.82, 2.24) is 0 Å².